The van der Waals surface area contributed by atoms with Crippen LogP contribution < -0.4 is 0 Å². The first-order valence-electron chi connectivity index (χ1n) is 6.13. The van der Waals surface area contributed by atoms with E-state index in [-0.39, 0.29) is 0 Å². The van der Waals surface area contributed by atoms with Gasteiger partial charge in [-0.1, -0.05) is 48.4 Å². The molecule has 1 nitrogen and oxygen atoms in total. The van der Waals surface area contributed by atoms with E-state index in [1.807, 2.05) is 36.4 Å². The molecule has 0 aliphatic carbocycles. The maximum Gasteiger partial charge on any atom is 0.115 e. The Morgan fingerprint density at radius 1 is 0.833 bits per heavy atom. The van der Waals surface area contributed by atoms with Crippen LogP contribution in [0.25, 0.3) is 0 Å². The highest BCUT2D eigenvalue weighted by molar-refractivity contribution is 6.14. The summed E-state index contributed by atoms with van der Waals surface area (Å²) in [5.41, 5.74) is 4.49. The van der Waals surface area contributed by atoms with Gasteiger partial charge < -0.3 is 0 Å². The quantitative estimate of drug-likeness (QED) is 0.618. The van der Waals surface area contributed by atoms with E-state index < -0.39 is 0 Å². The van der Waals surface area contributed by atoms with Gasteiger partial charge in [-0.05, 0) is 30.0 Å². The van der Waals surface area contributed by atoms with Gasteiger partial charge in [-0.15, -0.1) is 0 Å². The smallest absolute Gasteiger partial charge is 0.115 e. The first kappa shape index (κ1) is 10.8. The summed E-state index contributed by atoms with van der Waals surface area (Å²) < 4.78 is 0. The fourth-order valence-corrected chi connectivity index (χ4v) is 2.10. The lowest BCUT2D eigenvalue weighted by Crippen LogP contribution is -2.10. The van der Waals surface area contributed by atoms with Crippen LogP contribution in [-0.2, 0) is 6.42 Å². The third kappa shape index (κ3) is 2.19. The molecule has 0 amide bonds. The Balaban J connectivity index is 1.95. The lowest BCUT2D eigenvalue weighted by atomic mass is 9.98. The van der Waals surface area contributed by atoms with E-state index >= 15 is 0 Å². The zero-order valence-electron chi connectivity index (χ0n) is 10.1. The van der Waals surface area contributed by atoms with Crippen molar-refractivity contribution in [3.63, 3.8) is 0 Å². The van der Waals surface area contributed by atoms with Gasteiger partial charge in [0.1, 0.15) is 5.71 Å². The highest BCUT2D eigenvalue weighted by atomic mass is 14.7. The van der Waals surface area contributed by atoms with Crippen LogP contribution in [0.1, 0.15) is 16.7 Å². The highest BCUT2D eigenvalue weighted by Gasteiger charge is 2.10. The van der Waals surface area contributed by atoms with E-state index in [1.165, 1.54) is 11.1 Å². The fourth-order valence-electron chi connectivity index (χ4n) is 2.10. The Bertz CT molecular complexity index is 642. The molecule has 1 heterocycles. The molecule has 0 unspecified atom stereocenters. The molecule has 2 aromatic rings. The van der Waals surface area contributed by atoms with E-state index in [0.29, 0.717) is 0 Å². The van der Waals surface area contributed by atoms with Crippen molar-refractivity contribution in [2.24, 2.45) is 4.99 Å². The van der Waals surface area contributed by atoms with Crippen LogP contribution in [0, 0.1) is 11.8 Å². The molecular formula is C17H13N. The second kappa shape index (κ2) is 4.89. The lowest BCUT2D eigenvalue weighted by molar-refractivity contribution is 0.947. The molecule has 1 heteroatoms. The predicted molar refractivity (Wildman–Crippen MR) is 74.9 cm³/mol. The SMILES string of the molecule is C(#Cc1ccccc1)C1=NCCc2ccccc21. The number of rotatable bonds is 0. The van der Waals surface area contributed by atoms with Gasteiger partial charge in [0.25, 0.3) is 0 Å². The predicted octanol–water partition coefficient (Wildman–Crippen LogP) is 3.08. The van der Waals surface area contributed by atoms with E-state index in [1.54, 1.807) is 0 Å². The largest absolute Gasteiger partial charge is 0.275 e. The third-order valence-corrected chi connectivity index (χ3v) is 3.02. The average molecular weight is 231 g/mol. The van der Waals surface area contributed by atoms with Crippen LogP contribution >= 0.6 is 0 Å². The second-order valence-corrected chi connectivity index (χ2v) is 4.25. The Morgan fingerprint density at radius 2 is 1.61 bits per heavy atom. The first-order chi connectivity index (χ1) is 8.93. The van der Waals surface area contributed by atoms with Crippen LogP contribution in [0.4, 0.5) is 0 Å². The minimum absolute atomic E-state index is 0.843. The summed E-state index contributed by atoms with van der Waals surface area (Å²) in [4.78, 5) is 4.53. The van der Waals surface area contributed by atoms with Crippen molar-refractivity contribution >= 4 is 5.71 Å². The van der Waals surface area contributed by atoms with E-state index in [2.05, 4.69) is 35.0 Å². The number of hydrogen-bond acceptors (Lipinski definition) is 1. The van der Waals surface area contributed by atoms with Crippen molar-refractivity contribution in [1.82, 2.24) is 0 Å². The molecule has 1 aliphatic heterocycles. The number of benzene rings is 2. The summed E-state index contributed by atoms with van der Waals surface area (Å²) in [6.45, 7) is 0.843. The number of nitrogens with zero attached hydrogens (tertiary/aromatic N) is 1. The van der Waals surface area contributed by atoms with Crippen LogP contribution in [0.2, 0.25) is 0 Å². The summed E-state index contributed by atoms with van der Waals surface area (Å²) >= 11 is 0. The van der Waals surface area contributed by atoms with Gasteiger partial charge in [0, 0.05) is 17.7 Å². The summed E-state index contributed by atoms with van der Waals surface area (Å²) in [6, 6.07) is 18.4. The molecule has 3 rings (SSSR count). The summed E-state index contributed by atoms with van der Waals surface area (Å²) in [5, 5.41) is 0. The van der Waals surface area contributed by atoms with Gasteiger partial charge in [-0.2, -0.15) is 0 Å². The normalized spacial score (nSPS) is 13.0. The minimum atomic E-state index is 0.843. The molecule has 1 aliphatic rings. The van der Waals surface area contributed by atoms with E-state index in [0.717, 1.165) is 24.2 Å². The van der Waals surface area contributed by atoms with E-state index in [9.17, 15) is 0 Å². The molecule has 18 heavy (non-hydrogen) atoms. The molecule has 0 N–H and O–H groups in total. The zero-order valence-corrected chi connectivity index (χ0v) is 10.1. The average Bonchev–Trinajstić information content (AvgIpc) is 2.46. The van der Waals surface area contributed by atoms with Crippen LogP contribution in [0.5, 0.6) is 0 Å². The van der Waals surface area contributed by atoms with Crippen LogP contribution in [0.3, 0.4) is 0 Å². The monoisotopic (exact) mass is 231 g/mol. The van der Waals surface area contributed by atoms with Crippen LogP contribution in [0.15, 0.2) is 59.6 Å². The van der Waals surface area contributed by atoms with E-state index in [4.69, 9.17) is 0 Å². The number of aliphatic imine (C=N–C) groups is 1. The van der Waals surface area contributed by atoms with Gasteiger partial charge in [-0.3, -0.25) is 4.99 Å². The third-order valence-electron chi connectivity index (χ3n) is 3.02. The Labute approximate surface area is 107 Å². The van der Waals surface area contributed by atoms with Gasteiger partial charge in [0.2, 0.25) is 0 Å². The molecule has 86 valence electrons. The molecule has 0 atom stereocenters. The Hall–Kier alpha value is -2.33. The first-order valence-corrected chi connectivity index (χ1v) is 6.13. The van der Waals surface area contributed by atoms with Gasteiger partial charge >= 0.3 is 0 Å². The van der Waals surface area contributed by atoms with Crippen molar-refractivity contribution in [2.45, 2.75) is 6.42 Å². The van der Waals surface area contributed by atoms with Crippen molar-refractivity contribution in [1.29, 1.82) is 0 Å². The second-order valence-electron chi connectivity index (χ2n) is 4.25. The Kier molecular flexibility index (Phi) is 2.94. The number of fused-ring (bicyclic) bond motifs is 1. The molecule has 0 saturated heterocycles. The van der Waals surface area contributed by atoms with Crippen LogP contribution in [-0.4, -0.2) is 12.3 Å². The van der Waals surface area contributed by atoms with Crippen molar-refractivity contribution < 1.29 is 0 Å². The molecular weight excluding hydrogens is 218 g/mol. The molecule has 2 aromatic carbocycles. The maximum atomic E-state index is 4.53. The Morgan fingerprint density at radius 3 is 2.50 bits per heavy atom. The summed E-state index contributed by atoms with van der Waals surface area (Å²) in [7, 11) is 0. The van der Waals surface area contributed by atoms with Crippen molar-refractivity contribution in [2.75, 3.05) is 6.54 Å². The maximum absolute atomic E-state index is 4.53. The zero-order chi connectivity index (χ0) is 12.2. The summed E-state index contributed by atoms with van der Waals surface area (Å²) in [6.07, 6.45) is 1.02. The molecule has 0 saturated carbocycles. The minimum Gasteiger partial charge on any atom is -0.275 e. The van der Waals surface area contributed by atoms with Gasteiger partial charge in [-0.25, -0.2) is 0 Å². The fraction of sp³-hybridized carbons (Fsp3) is 0.118. The topological polar surface area (TPSA) is 12.4 Å². The van der Waals surface area contributed by atoms with Crippen molar-refractivity contribution in [3.05, 3.63) is 71.3 Å². The molecule has 0 fully saturated rings. The molecule has 0 bridgehead atoms. The lowest BCUT2D eigenvalue weighted by Gasteiger charge is -2.12. The van der Waals surface area contributed by atoms with Gasteiger partial charge in [0.05, 0.1) is 0 Å². The molecule has 0 aromatic heterocycles. The standard InChI is InChI=1S/C17H13N/c1-2-6-14(7-3-1)10-11-17-16-9-5-4-8-15(16)12-13-18-17/h1-9H,12-13H2. The molecule has 0 radical (unpaired) electrons. The molecule has 0 spiro atoms. The summed E-state index contributed by atoms with van der Waals surface area (Å²) in [5.74, 6) is 6.37. The highest BCUT2D eigenvalue weighted by Crippen LogP contribution is 2.15. The van der Waals surface area contributed by atoms with Gasteiger partial charge in [0.15, 0.2) is 0 Å². The number of hydrogen-bond donors (Lipinski definition) is 0. The van der Waals surface area contributed by atoms with Crippen molar-refractivity contribution in [3.8, 4) is 11.8 Å².